The van der Waals surface area contributed by atoms with Gasteiger partial charge in [-0.15, -0.1) is 0 Å². The predicted molar refractivity (Wildman–Crippen MR) is 61.5 cm³/mol. The van der Waals surface area contributed by atoms with Crippen LogP contribution < -0.4 is 4.90 Å². The molecule has 0 aliphatic rings. The van der Waals surface area contributed by atoms with Crippen molar-refractivity contribution in [3.63, 3.8) is 0 Å². The first-order chi connectivity index (χ1) is 7.41. The molecule has 16 heavy (non-hydrogen) atoms. The fourth-order valence-corrected chi connectivity index (χ4v) is 1.59. The Balaban J connectivity index is 3.18. The summed E-state index contributed by atoms with van der Waals surface area (Å²) >= 11 is 0. The van der Waals surface area contributed by atoms with Crippen LogP contribution in [-0.2, 0) is 4.79 Å². The van der Waals surface area contributed by atoms with Gasteiger partial charge in [0.25, 0.3) is 0 Å². The normalized spacial score (nSPS) is 11.2. The molecule has 0 spiro atoms. The first kappa shape index (κ1) is 12.4. The first-order valence-electron chi connectivity index (χ1n) is 5.20. The number of aromatic nitrogens is 2. The predicted octanol–water partition coefficient (Wildman–Crippen LogP) is 1.47. The molecule has 0 aliphatic heterocycles. The van der Waals surface area contributed by atoms with Crippen LogP contribution in [0.2, 0.25) is 0 Å². The largest absolute Gasteiger partial charge is 0.480 e. The summed E-state index contributed by atoms with van der Waals surface area (Å²) in [6.07, 6.45) is 3.17. The van der Waals surface area contributed by atoms with Gasteiger partial charge in [-0.05, 0) is 27.7 Å². The lowest BCUT2D eigenvalue weighted by molar-refractivity contribution is -0.142. The van der Waals surface area contributed by atoms with Crippen molar-refractivity contribution < 1.29 is 9.90 Å². The molecule has 0 aliphatic carbocycles. The van der Waals surface area contributed by atoms with Gasteiger partial charge in [-0.3, -0.25) is 4.98 Å². The van der Waals surface area contributed by atoms with Gasteiger partial charge in [-0.2, -0.15) is 0 Å². The Bertz CT molecular complexity index is 391. The zero-order valence-electron chi connectivity index (χ0n) is 10.1. The number of anilines is 1. The maximum Gasteiger partial charge on any atom is 0.329 e. The number of aryl methyl sites for hydroxylation is 1. The van der Waals surface area contributed by atoms with Crippen LogP contribution in [0.3, 0.4) is 0 Å². The minimum atomic E-state index is -0.991. The molecule has 1 aromatic rings. The molecule has 1 heterocycles. The smallest absolute Gasteiger partial charge is 0.329 e. The lowest BCUT2D eigenvalue weighted by Gasteiger charge is -2.35. The standard InChI is InChI=1S/C11H17N3O2/c1-5-14(11(3,4)10(15)16)9-8(2)12-6-7-13-9/h6-7H,5H2,1-4H3,(H,15,16). The molecule has 1 N–H and O–H groups in total. The van der Waals surface area contributed by atoms with Crippen LogP contribution in [0.5, 0.6) is 0 Å². The molecule has 5 nitrogen and oxygen atoms in total. The number of carboxylic acid groups (broad SMARTS) is 1. The summed E-state index contributed by atoms with van der Waals surface area (Å²) in [6.45, 7) is 7.61. The number of hydrogen-bond donors (Lipinski definition) is 1. The molecule has 0 atom stereocenters. The van der Waals surface area contributed by atoms with Gasteiger partial charge in [-0.25, -0.2) is 9.78 Å². The van der Waals surface area contributed by atoms with E-state index < -0.39 is 11.5 Å². The Morgan fingerprint density at radius 2 is 2.00 bits per heavy atom. The molecule has 88 valence electrons. The SMILES string of the molecule is CCN(c1nccnc1C)C(C)(C)C(=O)O. The van der Waals surface area contributed by atoms with E-state index in [9.17, 15) is 9.90 Å². The Hall–Kier alpha value is -1.65. The lowest BCUT2D eigenvalue weighted by Crippen LogP contribution is -2.51. The second kappa shape index (κ2) is 4.47. The number of rotatable bonds is 4. The topological polar surface area (TPSA) is 66.3 Å². The molecule has 0 radical (unpaired) electrons. The van der Waals surface area contributed by atoms with Gasteiger partial charge >= 0.3 is 5.97 Å². The third-order valence-corrected chi connectivity index (χ3v) is 2.63. The maximum atomic E-state index is 11.2. The van der Waals surface area contributed by atoms with Crippen LogP contribution in [0, 0.1) is 6.92 Å². The zero-order valence-corrected chi connectivity index (χ0v) is 10.1. The number of carboxylic acids is 1. The molecular weight excluding hydrogens is 206 g/mol. The summed E-state index contributed by atoms with van der Waals surface area (Å²) in [5.41, 5.74) is -0.256. The van der Waals surface area contributed by atoms with Crippen LogP contribution in [0.4, 0.5) is 5.82 Å². The van der Waals surface area contributed by atoms with E-state index in [-0.39, 0.29) is 0 Å². The van der Waals surface area contributed by atoms with Crippen LogP contribution >= 0.6 is 0 Å². The summed E-state index contributed by atoms with van der Waals surface area (Å²) in [6, 6.07) is 0. The molecule has 0 bridgehead atoms. The average molecular weight is 223 g/mol. The van der Waals surface area contributed by atoms with Gasteiger partial charge in [-0.1, -0.05) is 0 Å². The Kier molecular flexibility index (Phi) is 3.47. The molecule has 0 saturated heterocycles. The van der Waals surface area contributed by atoms with Gasteiger partial charge in [0.05, 0.1) is 5.69 Å². The Morgan fingerprint density at radius 3 is 2.44 bits per heavy atom. The monoisotopic (exact) mass is 223 g/mol. The summed E-state index contributed by atoms with van der Waals surface area (Å²) in [5.74, 6) is -0.253. The highest BCUT2D eigenvalue weighted by Crippen LogP contribution is 2.23. The third kappa shape index (κ3) is 2.13. The van der Waals surface area contributed by atoms with Crippen molar-refractivity contribution in [3.8, 4) is 0 Å². The molecule has 1 aromatic heterocycles. The van der Waals surface area contributed by atoms with Crippen molar-refractivity contribution in [3.05, 3.63) is 18.1 Å². The lowest BCUT2D eigenvalue weighted by atomic mass is 10.0. The number of nitrogens with zero attached hydrogens (tertiary/aromatic N) is 3. The molecule has 0 aromatic carbocycles. The van der Waals surface area contributed by atoms with E-state index in [1.165, 1.54) is 0 Å². The second-order valence-corrected chi connectivity index (χ2v) is 4.07. The van der Waals surface area contributed by atoms with Crippen LogP contribution in [-0.4, -0.2) is 33.1 Å². The van der Waals surface area contributed by atoms with Crippen molar-refractivity contribution in [2.45, 2.75) is 33.2 Å². The van der Waals surface area contributed by atoms with E-state index in [4.69, 9.17) is 0 Å². The molecule has 0 unspecified atom stereocenters. The Labute approximate surface area is 95.1 Å². The molecular formula is C11H17N3O2. The zero-order chi connectivity index (χ0) is 12.3. The molecule has 0 fully saturated rings. The minimum Gasteiger partial charge on any atom is -0.480 e. The summed E-state index contributed by atoms with van der Waals surface area (Å²) in [7, 11) is 0. The minimum absolute atomic E-state index is 0.568. The van der Waals surface area contributed by atoms with Gasteiger partial charge < -0.3 is 10.0 Å². The molecule has 0 amide bonds. The van der Waals surface area contributed by atoms with Crippen LogP contribution in [0.1, 0.15) is 26.5 Å². The first-order valence-corrected chi connectivity index (χ1v) is 5.20. The Morgan fingerprint density at radius 1 is 1.44 bits per heavy atom. The van der Waals surface area contributed by atoms with Crippen LogP contribution in [0.15, 0.2) is 12.4 Å². The van der Waals surface area contributed by atoms with Crippen molar-refractivity contribution in [2.24, 2.45) is 0 Å². The average Bonchev–Trinajstić information content (AvgIpc) is 2.21. The van der Waals surface area contributed by atoms with Gasteiger partial charge in [0, 0.05) is 18.9 Å². The highest BCUT2D eigenvalue weighted by Gasteiger charge is 2.35. The summed E-state index contributed by atoms with van der Waals surface area (Å²) in [5, 5.41) is 9.21. The highest BCUT2D eigenvalue weighted by atomic mass is 16.4. The van der Waals surface area contributed by atoms with E-state index in [1.807, 2.05) is 13.8 Å². The van der Waals surface area contributed by atoms with Crippen LogP contribution in [0.25, 0.3) is 0 Å². The fourth-order valence-electron chi connectivity index (χ4n) is 1.59. The summed E-state index contributed by atoms with van der Waals surface area (Å²) < 4.78 is 0. The van der Waals surface area contributed by atoms with E-state index in [0.717, 1.165) is 5.69 Å². The van der Waals surface area contributed by atoms with E-state index in [0.29, 0.717) is 12.4 Å². The highest BCUT2D eigenvalue weighted by molar-refractivity contribution is 5.82. The maximum absolute atomic E-state index is 11.2. The number of carbonyl (C=O) groups is 1. The van der Waals surface area contributed by atoms with Crippen molar-refractivity contribution in [1.29, 1.82) is 0 Å². The van der Waals surface area contributed by atoms with Crippen molar-refractivity contribution in [1.82, 2.24) is 9.97 Å². The summed E-state index contributed by atoms with van der Waals surface area (Å²) in [4.78, 5) is 21.3. The number of aliphatic carboxylic acids is 1. The van der Waals surface area contributed by atoms with Crippen molar-refractivity contribution >= 4 is 11.8 Å². The van der Waals surface area contributed by atoms with E-state index in [2.05, 4.69) is 9.97 Å². The van der Waals surface area contributed by atoms with Gasteiger partial charge in [0.1, 0.15) is 5.54 Å². The van der Waals surface area contributed by atoms with Gasteiger partial charge in [0.15, 0.2) is 5.82 Å². The third-order valence-electron chi connectivity index (χ3n) is 2.63. The number of likely N-dealkylation sites (N-methyl/N-ethyl adjacent to an activating group) is 1. The van der Waals surface area contributed by atoms with Crippen molar-refractivity contribution in [2.75, 3.05) is 11.4 Å². The number of hydrogen-bond acceptors (Lipinski definition) is 4. The quantitative estimate of drug-likeness (QED) is 0.837. The molecule has 5 heteroatoms. The molecule has 0 saturated carbocycles. The second-order valence-electron chi connectivity index (χ2n) is 4.07. The fraction of sp³-hybridized carbons (Fsp3) is 0.545. The molecule has 1 rings (SSSR count). The van der Waals surface area contributed by atoms with E-state index in [1.54, 1.807) is 31.1 Å². The van der Waals surface area contributed by atoms with E-state index >= 15 is 0 Å². The van der Waals surface area contributed by atoms with Gasteiger partial charge in [0.2, 0.25) is 0 Å².